The van der Waals surface area contributed by atoms with Crippen molar-refractivity contribution in [1.82, 2.24) is 19.5 Å². The summed E-state index contributed by atoms with van der Waals surface area (Å²) in [6.07, 6.45) is 1.38. The monoisotopic (exact) mass is 318 g/mol. The van der Waals surface area contributed by atoms with Crippen molar-refractivity contribution < 1.29 is 22.3 Å². The molecule has 0 fully saturated rings. The summed E-state index contributed by atoms with van der Waals surface area (Å²) in [7, 11) is -2.60. The van der Waals surface area contributed by atoms with E-state index >= 15 is 0 Å². The number of aliphatic hydroxyl groups excluding tert-OH is 1. The van der Waals surface area contributed by atoms with E-state index in [1.807, 2.05) is 0 Å². The molecular formula is C11H12F2N4O3S. The number of nitrogens with zero attached hydrogens (tertiary/aromatic N) is 3. The lowest BCUT2D eigenvalue weighted by Gasteiger charge is -2.10. The van der Waals surface area contributed by atoms with E-state index in [0.717, 1.165) is 12.1 Å². The fourth-order valence-electron chi connectivity index (χ4n) is 1.63. The average molecular weight is 318 g/mol. The Bertz CT molecular complexity index is 761. The maximum Gasteiger partial charge on any atom is 0.243 e. The van der Waals surface area contributed by atoms with Gasteiger partial charge in [-0.15, -0.1) is 10.2 Å². The Morgan fingerprint density at radius 1 is 1.38 bits per heavy atom. The highest BCUT2D eigenvalue weighted by atomic mass is 32.2. The maximum atomic E-state index is 13.9. The van der Waals surface area contributed by atoms with Gasteiger partial charge in [0.1, 0.15) is 22.9 Å². The first-order valence-corrected chi connectivity index (χ1v) is 7.25. The summed E-state index contributed by atoms with van der Waals surface area (Å²) in [6, 6.07) is 1.58. The highest BCUT2D eigenvalue weighted by Gasteiger charge is 2.23. The number of hydrogen-bond donors (Lipinski definition) is 2. The fourth-order valence-corrected chi connectivity index (χ4v) is 2.71. The fraction of sp³-hybridized carbons (Fsp3) is 0.273. The molecule has 0 atom stereocenters. The van der Waals surface area contributed by atoms with Crippen molar-refractivity contribution >= 4 is 10.0 Å². The molecule has 7 nitrogen and oxygen atoms in total. The van der Waals surface area contributed by atoms with Gasteiger partial charge in [-0.3, -0.25) is 0 Å². The van der Waals surface area contributed by atoms with Gasteiger partial charge >= 0.3 is 0 Å². The van der Waals surface area contributed by atoms with E-state index in [1.165, 1.54) is 10.9 Å². The third-order valence-corrected chi connectivity index (χ3v) is 4.24. The minimum absolute atomic E-state index is 0.204. The normalized spacial score (nSPS) is 11.8. The maximum absolute atomic E-state index is 13.9. The van der Waals surface area contributed by atoms with Gasteiger partial charge in [0.15, 0.2) is 5.82 Å². The van der Waals surface area contributed by atoms with Gasteiger partial charge in [0.2, 0.25) is 10.0 Å². The first kappa shape index (κ1) is 15.5. The number of aryl methyl sites for hydroxylation is 1. The smallest absolute Gasteiger partial charge is 0.243 e. The molecule has 0 radical (unpaired) electrons. The molecule has 0 saturated heterocycles. The Kier molecular flexibility index (Phi) is 4.30. The molecule has 2 rings (SSSR count). The summed E-state index contributed by atoms with van der Waals surface area (Å²) in [5, 5.41) is 16.1. The largest absolute Gasteiger partial charge is 0.391 e. The predicted octanol–water partition coefficient (Wildman–Crippen LogP) is 0.0641. The number of aromatic nitrogens is 3. The van der Waals surface area contributed by atoms with Crippen LogP contribution in [-0.2, 0) is 30.2 Å². The summed E-state index contributed by atoms with van der Waals surface area (Å²) >= 11 is 0. The Morgan fingerprint density at radius 2 is 2.10 bits per heavy atom. The van der Waals surface area contributed by atoms with Crippen LogP contribution in [0.4, 0.5) is 8.78 Å². The highest BCUT2D eigenvalue weighted by molar-refractivity contribution is 7.89. The molecule has 1 heterocycles. The lowest BCUT2D eigenvalue weighted by Crippen LogP contribution is -2.26. The number of rotatable bonds is 5. The molecule has 2 N–H and O–H groups in total. The molecule has 0 aliphatic carbocycles. The third-order valence-electron chi connectivity index (χ3n) is 2.82. The van der Waals surface area contributed by atoms with Crippen molar-refractivity contribution in [1.29, 1.82) is 0 Å². The summed E-state index contributed by atoms with van der Waals surface area (Å²) in [5.41, 5.74) is -0.698. The number of benzene rings is 1. The molecule has 0 aliphatic heterocycles. The van der Waals surface area contributed by atoms with E-state index in [-0.39, 0.29) is 6.54 Å². The van der Waals surface area contributed by atoms with E-state index in [9.17, 15) is 17.2 Å². The number of aliphatic hydroxyl groups is 1. The molecule has 114 valence electrons. The first-order valence-electron chi connectivity index (χ1n) is 5.77. The van der Waals surface area contributed by atoms with Gasteiger partial charge in [-0.25, -0.2) is 21.9 Å². The van der Waals surface area contributed by atoms with Gasteiger partial charge in [0.05, 0.1) is 18.7 Å². The van der Waals surface area contributed by atoms with Crippen molar-refractivity contribution in [3.05, 3.63) is 41.5 Å². The van der Waals surface area contributed by atoms with Crippen LogP contribution in [0.1, 0.15) is 11.4 Å². The van der Waals surface area contributed by atoms with Crippen LogP contribution in [0.3, 0.4) is 0 Å². The lowest BCUT2D eigenvalue weighted by atomic mass is 10.2. The summed E-state index contributed by atoms with van der Waals surface area (Å²) < 4.78 is 54.8. The first-order chi connectivity index (χ1) is 9.86. The van der Waals surface area contributed by atoms with Gasteiger partial charge in [0.25, 0.3) is 0 Å². The SMILES string of the molecule is Cn1cnnc1CNS(=O)(=O)c1ccc(F)c(CO)c1F. The Balaban J connectivity index is 2.30. The third kappa shape index (κ3) is 3.06. The molecule has 0 aliphatic rings. The second kappa shape index (κ2) is 5.84. The highest BCUT2D eigenvalue weighted by Crippen LogP contribution is 2.21. The van der Waals surface area contributed by atoms with E-state index in [4.69, 9.17) is 5.11 Å². The zero-order valence-corrected chi connectivity index (χ0v) is 11.7. The van der Waals surface area contributed by atoms with Gasteiger partial charge in [-0.2, -0.15) is 0 Å². The van der Waals surface area contributed by atoms with E-state index < -0.39 is 38.7 Å². The van der Waals surface area contributed by atoms with Crippen molar-refractivity contribution in [2.75, 3.05) is 0 Å². The van der Waals surface area contributed by atoms with Crippen LogP contribution >= 0.6 is 0 Å². The molecule has 0 saturated carbocycles. The number of hydrogen-bond acceptors (Lipinski definition) is 5. The minimum Gasteiger partial charge on any atom is -0.391 e. The van der Waals surface area contributed by atoms with Crippen LogP contribution in [0.2, 0.25) is 0 Å². The quantitative estimate of drug-likeness (QED) is 0.813. The molecule has 0 unspecified atom stereocenters. The molecular weight excluding hydrogens is 306 g/mol. The van der Waals surface area contributed by atoms with Crippen molar-refractivity contribution in [2.45, 2.75) is 18.0 Å². The molecule has 1 aromatic carbocycles. The number of halogens is 2. The average Bonchev–Trinajstić information content (AvgIpc) is 2.82. The molecule has 21 heavy (non-hydrogen) atoms. The predicted molar refractivity (Wildman–Crippen MR) is 67.3 cm³/mol. The topological polar surface area (TPSA) is 97.1 Å². The van der Waals surface area contributed by atoms with Gasteiger partial charge < -0.3 is 9.67 Å². The number of nitrogens with one attached hydrogen (secondary N) is 1. The van der Waals surface area contributed by atoms with Crippen LogP contribution in [0.5, 0.6) is 0 Å². The second-order valence-corrected chi connectivity index (χ2v) is 5.91. The zero-order valence-electron chi connectivity index (χ0n) is 10.9. The van der Waals surface area contributed by atoms with Crippen molar-refractivity contribution in [3.8, 4) is 0 Å². The lowest BCUT2D eigenvalue weighted by molar-refractivity contribution is 0.267. The Hall–Kier alpha value is -1.91. The minimum atomic E-state index is -4.22. The Morgan fingerprint density at radius 3 is 2.67 bits per heavy atom. The Labute approximate surface area is 119 Å². The van der Waals surface area contributed by atoms with Crippen LogP contribution in [0.15, 0.2) is 23.4 Å². The van der Waals surface area contributed by atoms with Gasteiger partial charge in [0, 0.05) is 7.05 Å². The van der Waals surface area contributed by atoms with E-state index in [2.05, 4.69) is 14.9 Å². The zero-order chi connectivity index (χ0) is 15.6. The molecule has 2 aromatic rings. The van der Waals surface area contributed by atoms with Crippen LogP contribution in [0.25, 0.3) is 0 Å². The molecule has 10 heteroatoms. The summed E-state index contributed by atoms with van der Waals surface area (Å²) in [5.74, 6) is -2.01. The van der Waals surface area contributed by atoms with Crippen molar-refractivity contribution in [2.24, 2.45) is 7.05 Å². The van der Waals surface area contributed by atoms with E-state index in [0.29, 0.717) is 5.82 Å². The second-order valence-electron chi connectivity index (χ2n) is 4.18. The number of sulfonamides is 1. The summed E-state index contributed by atoms with van der Waals surface area (Å²) in [4.78, 5) is -0.741. The molecule has 0 spiro atoms. The van der Waals surface area contributed by atoms with Crippen LogP contribution < -0.4 is 4.72 Å². The van der Waals surface area contributed by atoms with Crippen LogP contribution in [0, 0.1) is 11.6 Å². The molecule has 0 bridgehead atoms. The van der Waals surface area contributed by atoms with Gasteiger partial charge in [-0.1, -0.05) is 0 Å². The standard InChI is InChI=1S/C11H12F2N4O3S/c1-17-6-14-16-10(17)4-15-21(19,20)9-3-2-8(12)7(5-18)11(9)13/h2-3,6,15,18H,4-5H2,1H3. The molecule has 0 amide bonds. The molecule has 1 aromatic heterocycles. The van der Waals surface area contributed by atoms with Crippen LogP contribution in [-0.4, -0.2) is 28.3 Å². The van der Waals surface area contributed by atoms with Gasteiger partial charge in [-0.05, 0) is 12.1 Å². The summed E-state index contributed by atoms with van der Waals surface area (Å²) in [6.45, 7) is -1.14. The van der Waals surface area contributed by atoms with E-state index in [1.54, 1.807) is 7.05 Å². The van der Waals surface area contributed by atoms with Crippen molar-refractivity contribution in [3.63, 3.8) is 0 Å².